The summed E-state index contributed by atoms with van der Waals surface area (Å²) in [4.78, 5) is 15.6. The van der Waals surface area contributed by atoms with Crippen molar-refractivity contribution in [1.82, 2.24) is 20.1 Å². The Bertz CT molecular complexity index is 650. The van der Waals surface area contributed by atoms with Crippen LogP contribution in [0.25, 0.3) is 0 Å². The first-order valence-corrected chi connectivity index (χ1v) is 6.92. The highest BCUT2D eigenvalue weighted by Gasteiger charge is 2.29. The molecule has 1 N–H and O–H groups in total. The fraction of sp³-hybridized carbons (Fsp3) is 0.400. The van der Waals surface area contributed by atoms with E-state index < -0.39 is 0 Å². The number of nitrogens with zero attached hydrogens (tertiary/aromatic N) is 3. The summed E-state index contributed by atoms with van der Waals surface area (Å²) < 4.78 is 7.33. The normalized spacial score (nSPS) is 15.3. The minimum atomic E-state index is -0.142. The number of benzene rings is 1. The van der Waals surface area contributed by atoms with E-state index in [2.05, 4.69) is 35.3 Å². The highest BCUT2D eigenvalue weighted by molar-refractivity contribution is 5.75. The second-order valence-corrected chi connectivity index (χ2v) is 5.85. The number of amides is 1. The predicted molar refractivity (Wildman–Crippen MR) is 76.7 cm³/mol. The molecule has 0 saturated carbocycles. The smallest absolute Gasteiger partial charge is 0.242 e. The number of carbonyl (C=O) groups excluding carboxylic acids is 1. The van der Waals surface area contributed by atoms with Crippen molar-refractivity contribution in [2.24, 2.45) is 0 Å². The second kappa shape index (κ2) is 5.20. The lowest BCUT2D eigenvalue weighted by molar-refractivity contribution is -0.122. The maximum absolute atomic E-state index is 11.8. The summed E-state index contributed by atoms with van der Waals surface area (Å²) in [5.74, 6) is 0.857. The van der Waals surface area contributed by atoms with Crippen LogP contribution in [0.5, 0.6) is 5.75 Å². The molecule has 0 spiro atoms. The van der Waals surface area contributed by atoms with E-state index >= 15 is 0 Å². The third-order valence-electron chi connectivity index (χ3n) is 3.39. The maximum atomic E-state index is 11.8. The minimum Gasteiger partial charge on any atom is -0.487 e. The van der Waals surface area contributed by atoms with Gasteiger partial charge in [0.2, 0.25) is 5.91 Å². The van der Waals surface area contributed by atoms with Gasteiger partial charge in [-0.25, -0.2) is 9.67 Å². The number of hydrogen-bond acceptors (Lipinski definition) is 4. The predicted octanol–water partition coefficient (Wildman–Crippen LogP) is 1.31. The zero-order valence-corrected chi connectivity index (χ0v) is 12.2. The highest BCUT2D eigenvalue weighted by atomic mass is 16.5. The van der Waals surface area contributed by atoms with Crippen LogP contribution in [-0.4, -0.2) is 26.3 Å². The van der Waals surface area contributed by atoms with Gasteiger partial charge in [-0.15, -0.1) is 0 Å². The number of rotatable bonds is 4. The van der Waals surface area contributed by atoms with Crippen LogP contribution in [-0.2, 0) is 24.3 Å². The van der Waals surface area contributed by atoms with Crippen molar-refractivity contribution in [2.45, 2.75) is 39.0 Å². The van der Waals surface area contributed by atoms with Crippen molar-refractivity contribution < 1.29 is 9.53 Å². The van der Waals surface area contributed by atoms with Crippen molar-refractivity contribution in [2.75, 3.05) is 0 Å². The van der Waals surface area contributed by atoms with E-state index in [-0.39, 0.29) is 18.1 Å². The van der Waals surface area contributed by atoms with E-state index in [9.17, 15) is 4.79 Å². The highest BCUT2D eigenvalue weighted by Crippen LogP contribution is 2.35. The van der Waals surface area contributed by atoms with Crippen LogP contribution in [0.2, 0.25) is 0 Å². The lowest BCUT2D eigenvalue weighted by Crippen LogP contribution is -2.27. The van der Waals surface area contributed by atoms with E-state index in [1.807, 2.05) is 12.1 Å². The van der Waals surface area contributed by atoms with Crippen LogP contribution in [0.4, 0.5) is 0 Å². The van der Waals surface area contributed by atoms with Gasteiger partial charge in [0.05, 0.1) is 0 Å². The number of carbonyl (C=O) groups is 1. The van der Waals surface area contributed by atoms with Gasteiger partial charge < -0.3 is 10.1 Å². The summed E-state index contributed by atoms with van der Waals surface area (Å²) in [5.41, 5.74) is 2.13. The molecule has 0 radical (unpaired) electrons. The maximum Gasteiger partial charge on any atom is 0.242 e. The molecule has 21 heavy (non-hydrogen) atoms. The summed E-state index contributed by atoms with van der Waals surface area (Å²) in [5, 5.41) is 6.78. The van der Waals surface area contributed by atoms with Crippen LogP contribution in [0, 0.1) is 0 Å². The van der Waals surface area contributed by atoms with E-state index in [4.69, 9.17) is 4.74 Å². The number of aromatic nitrogens is 3. The first-order valence-electron chi connectivity index (χ1n) is 6.92. The van der Waals surface area contributed by atoms with Crippen LogP contribution >= 0.6 is 0 Å². The molecular weight excluding hydrogens is 268 g/mol. The summed E-state index contributed by atoms with van der Waals surface area (Å²) in [7, 11) is 0. The van der Waals surface area contributed by atoms with Crippen molar-refractivity contribution in [1.29, 1.82) is 0 Å². The number of nitrogens with one attached hydrogen (secondary N) is 1. The number of fused-ring (bicyclic) bond motifs is 1. The third-order valence-corrected chi connectivity index (χ3v) is 3.39. The molecule has 0 aliphatic carbocycles. The van der Waals surface area contributed by atoms with Crippen LogP contribution in [0.1, 0.15) is 25.0 Å². The summed E-state index contributed by atoms with van der Waals surface area (Å²) >= 11 is 0. The molecule has 2 heterocycles. The van der Waals surface area contributed by atoms with Crippen molar-refractivity contribution in [3.63, 3.8) is 0 Å². The molecule has 6 nitrogen and oxygen atoms in total. The quantitative estimate of drug-likeness (QED) is 0.920. The molecule has 1 aliphatic rings. The Hall–Kier alpha value is -2.37. The van der Waals surface area contributed by atoms with Gasteiger partial charge in [0.15, 0.2) is 0 Å². The van der Waals surface area contributed by atoms with Gasteiger partial charge in [0.1, 0.15) is 30.5 Å². The Morgan fingerprint density at radius 1 is 1.48 bits per heavy atom. The van der Waals surface area contributed by atoms with Gasteiger partial charge in [-0.3, -0.25) is 4.79 Å². The molecule has 0 atom stereocenters. The average molecular weight is 286 g/mol. The van der Waals surface area contributed by atoms with Crippen LogP contribution in [0.15, 0.2) is 30.9 Å². The minimum absolute atomic E-state index is 0.0856. The Balaban J connectivity index is 1.58. The fourth-order valence-corrected chi connectivity index (χ4v) is 2.49. The Morgan fingerprint density at radius 2 is 2.33 bits per heavy atom. The first kappa shape index (κ1) is 13.6. The molecule has 6 heteroatoms. The largest absolute Gasteiger partial charge is 0.487 e. The van der Waals surface area contributed by atoms with Gasteiger partial charge in [0, 0.05) is 13.0 Å². The van der Waals surface area contributed by atoms with Gasteiger partial charge in [-0.2, -0.15) is 5.10 Å². The average Bonchev–Trinajstić information content (AvgIpc) is 3.01. The Morgan fingerprint density at radius 3 is 3.10 bits per heavy atom. The van der Waals surface area contributed by atoms with Crippen molar-refractivity contribution in [3.05, 3.63) is 42.0 Å². The van der Waals surface area contributed by atoms with Crippen molar-refractivity contribution in [3.8, 4) is 5.75 Å². The van der Waals surface area contributed by atoms with E-state index in [0.29, 0.717) is 6.54 Å². The Labute approximate surface area is 123 Å². The van der Waals surface area contributed by atoms with Gasteiger partial charge >= 0.3 is 0 Å². The summed E-state index contributed by atoms with van der Waals surface area (Å²) in [6, 6.07) is 6.05. The topological polar surface area (TPSA) is 69.0 Å². The standard InChI is InChI=1S/C15H18N4O2/c1-15(2)6-12-5-11(3-4-13(12)21-15)7-17-14(20)8-19-10-16-9-18-19/h3-5,9-10H,6-8H2,1-2H3,(H,17,20). The van der Waals surface area contributed by atoms with Gasteiger partial charge in [0.25, 0.3) is 0 Å². The van der Waals surface area contributed by atoms with Crippen LogP contribution in [0.3, 0.4) is 0 Å². The molecule has 110 valence electrons. The molecule has 2 aromatic rings. The molecule has 0 unspecified atom stereocenters. The van der Waals surface area contributed by atoms with Gasteiger partial charge in [-0.05, 0) is 31.0 Å². The number of ether oxygens (including phenoxy) is 1. The molecule has 1 aromatic carbocycles. The zero-order valence-electron chi connectivity index (χ0n) is 12.2. The lowest BCUT2D eigenvalue weighted by Gasteiger charge is -2.16. The Kier molecular flexibility index (Phi) is 3.37. The lowest BCUT2D eigenvalue weighted by atomic mass is 10.0. The third kappa shape index (κ3) is 3.21. The fourth-order valence-electron chi connectivity index (χ4n) is 2.49. The molecule has 0 bridgehead atoms. The molecule has 1 aliphatic heterocycles. The number of hydrogen-bond donors (Lipinski definition) is 1. The van der Waals surface area contributed by atoms with Crippen molar-refractivity contribution >= 4 is 5.91 Å². The zero-order chi connectivity index (χ0) is 14.9. The molecule has 3 rings (SSSR count). The van der Waals surface area contributed by atoms with E-state index in [0.717, 1.165) is 17.7 Å². The second-order valence-electron chi connectivity index (χ2n) is 5.85. The van der Waals surface area contributed by atoms with E-state index in [1.54, 1.807) is 0 Å². The molecule has 1 aromatic heterocycles. The molecule has 0 saturated heterocycles. The van der Waals surface area contributed by atoms with Crippen LogP contribution < -0.4 is 10.1 Å². The molecule has 1 amide bonds. The molecular formula is C15H18N4O2. The van der Waals surface area contributed by atoms with E-state index in [1.165, 1.54) is 22.9 Å². The van der Waals surface area contributed by atoms with Gasteiger partial charge in [-0.1, -0.05) is 12.1 Å². The summed E-state index contributed by atoms with van der Waals surface area (Å²) in [6.45, 7) is 4.83. The SMILES string of the molecule is CC1(C)Cc2cc(CNC(=O)Cn3cncn3)ccc2O1. The monoisotopic (exact) mass is 286 g/mol. The summed E-state index contributed by atoms with van der Waals surface area (Å²) in [6.07, 6.45) is 3.83. The first-order chi connectivity index (χ1) is 10.0. The molecule has 0 fully saturated rings.